The van der Waals surface area contributed by atoms with Crippen molar-refractivity contribution in [1.82, 2.24) is 10.2 Å². The molecule has 0 aromatic carbocycles. The van der Waals surface area contributed by atoms with Crippen LogP contribution in [0.5, 0.6) is 0 Å². The molecule has 1 aromatic heterocycles. The molecule has 0 aliphatic rings. The van der Waals surface area contributed by atoms with Crippen molar-refractivity contribution in [3.05, 3.63) is 23.7 Å². The van der Waals surface area contributed by atoms with Crippen molar-refractivity contribution in [3.63, 3.8) is 0 Å². The van der Waals surface area contributed by atoms with E-state index in [1.165, 1.54) is 18.2 Å². The van der Waals surface area contributed by atoms with Crippen LogP contribution in [-0.4, -0.2) is 46.8 Å². The van der Waals surface area contributed by atoms with Gasteiger partial charge in [0.2, 0.25) is 0 Å². The zero-order chi connectivity index (χ0) is 13.7. The van der Waals surface area contributed by atoms with Crippen LogP contribution in [-0.2, 0) is 11.3 Å². The van der Waals surface area contributed by atoms with Crippen LogP contribution in [0.4, 0.5) is 4.79 Å². The third kappa shape index (κ3) is 3.49. The van der Waals surface area contributed by atoms with Gasteiger partial charge in [-0.2, -0.15) is 0 Å². The number of nitrogens with one attached hydrogen (secondary N) is 1. The highest BCUT2D eigenvalue weighted by Gasteiger charge is 2.21. The lowest BCUT2D eigenvalue weighted by Gasteiger charge is -2.20. The number of hydrogen-bond acceptors (Lipinski definition) is 4. The van der Waals surface area contributed by atoms with E-state index in [2.05, 4.69) is 5.32 Å². The lowest BCUT2D eigenvalue weighted by Crippen LogP contribution is -2.48. The third-order valence-corrected chi connectivity index (χ3v) is 2.50. The van der Waals surface area contributed by atoms with Gasteiger partial charge in [0, 0.05) is 12.6 Å². The van der Waals surface area contributed by atoms with Crippen LogP contribution in [0.3, 0.4) is 0 Å². The zero-order valence-corrected chi connectivity index (χ0v) is 10.2. The fourth-order valence-corrected chi connectivity index (χ4v) is 1.35. The molecule has 7 nitrogen and oxygen atoms in total. The van der Waals surface area contributed by atoms with Crippen molar-refractivity contribution in [1.29, 1.82) is 0 Å². The molecule has 0 radical (unpaired) electrons. The first-order valence-corrected chi connectivity index (χ1v) is 5.34. The summed E-state index contributed by atoms with van der Waals surface area (Å²) in [5.41, 5.74) is 0.837. The van der Waals surface area contributed by atoms with Crippen LogP contribution in [0, 0.1) is 6.92 Å². The van der Waals surface area contributed by atoms with Crippen molar-refractivity contribution in [2.45, 2.75) is 19.5 Å². The fraction of sp³-hybridized carbons (Fsp3) is 0.455. The highest BCUT2D eigenvalue weighted by atomic mass is 16.4. The van der Waals surface area contributed by atoms with Crippen molar-refractivity contribution >= 4 is 12.0 Å². The first-order valence-electron chi connectivity index (χ1n) is 5.34. The highest BCUT2D eigenvalue weighted by molar-refractivity contribution is 5.82. The minimum atomic E-state index is -1.30. The number of aliphatic hydroxyl groups is 1. The first-order chi connectivity index (χ1) is 8.45. The Labute approximate surface area is 104 Å². The first kappa shape index (κ1) is 14.0. The molecule has 0 saturated carbocycles. The summed E-state index contributed by atoms with van der Waals surface area (Å²) in [5, 5.41) is 19.7. The van der Waals surface area contributed by atoms with E-state index >= 15 is 0 Å². The molecule has 0 saturated heterocycles. The second-order valence-corrected chi connectivity index (χ2v) is 3.88. The monoisotopic (exact) mass is 256 g/mol. The average Bonchev–Trinajstić information content (AvgIpc) is 2.71. The molecule has 0 aliphatic carbocycles. The molecule has 0 unspecified atom stereocenters. The van der Waals surface area contributed by atoms with Gasteiger partial charge >= 0.3 is 12.0 Å². The summed E-state index contributed by atoms with van der Waals surface area (Å²) < 4.78 is 5.09. The second kappa shape index (κ2) is 6.06. The Morgan fingerprint density at radius 2 is 2.22 bits per heavy atom. The maximum absolute atomic E-state index is 11.7. The smallest absolute Gasteiger partial charge is 0.328 e. The summed E-state index contributed by atoms with van der Waals surface area (Å²) in [6.45, 7) is 1.42. The standard InChI is InChI=1S/C11H16N2O5/c1-7-8(3-4-18-7)5-13(2)11(17)12-9(6-14)10(15)16/h3-4,9,14H,5-6H2,1-2H3,(H,12,17)(H,15,16)/t9-/m1/s1. The summed E-state index contributed by atoms with van der Waals surface area (Å²) in [7, 11) is 1.53. The molecular formula is C11H16N2O5. The largest absolute Gasteiger partial charge is 0.480 e. The number of nitrogens with zero attached hydrogens (tertiary/aromatic N) is 1. The maximum Gasteiger partial charge on any atom is 0.328 e. The van der Waals surface area contributed by atoms with E-state index < -0.39 is 24.6 Å². The topological polar surface area (TPSA) is 103 Å². The van der Waals surface area contributed by atoms with Gasteiger partial charge in [-0.25, -0.2) is 9.59 Å². The van der Waals surface area contributed by atoms with Crippen LogP contribution < -0.4 is 5.32 Å². The lowest BCUT2D eigenvalue weighted by molar-refractivity contribution is -0.140. The Morgan fingerprint density at radius 1 is 1.56 bits per heavy atom. The van der Waals surface area contributed by atoms with Crippen LogP contribution in [0.25, 0.3) is 0 Å². The molecule has 100 valence electrons. The number of carbonyl (C=O) groups excluding carboxylic acids is 1. The predicted octanol–water partition coefficient (Wildman–Crippen LogP) is 0.175. The van der Waals surface area contributed by atoms with E-state index in [1.807, 2.05) is 0 Å². The van der Waals surface area contributed by atoms with Crippen molar-refractivity contribution < 1.29 is 24.2 Å². The molecule has 1 rings (SSSR count). The van der Waals surface area contributed by atoms with Gasteiger partial charge in [-0.1, -0.05) is 0 Å². The molecule has 0 spiro atoms. The number of amides is 2. The fourth-order valence-electron chi connectivity index (χ4n) is 1.35. The van der Waals surface area contributed by atoms with Gasteiger partial charge in [0.15, 0.2) is 6.04 Å². The lowest BCUT2D eigenvalue weighted by atomic mass is 10.2. The Hall–Kier alpha value is -2.02. The van der Waals surface area contributed by atoms with Crippen molar-refractivity contribution in [2.24, 2.45) is 0 Å². The third-order valence-electron chi connectivity index (χ3n) is 2.50. The van der Waals surface area contributed by atoms with Crippen LogP contribution >= 0.6 is 0 Å². The van der Waals surface area contributed by atoms with Crippen molar-refractivity contribution in [3.8, 4) is 0 Å². The summed E-state index contributed by atoms with van der Waals surface area (Å²) in [6, 6.07) is -0.137. The predicted molar refractivity (Wildman–Crippen MR) is 62.0 cm³/mol. The Balaban J connectivity index is 2.56. The van der Waals surface area contributed by atoms with Gasteiger partial charge in [-0.05, 0) is 13.0 Å². The number of furan rings is 1. The Morgan fingerprint density at radius 3 is 2.67 bits per heavy atom. The maximum atomic E-state index is 11.7. The number of aryl methyl sites for hydroxylation is 1. The summed E-state index contributed by atoms with van der Waals surface area (Å²) in [4.78, 5) is 23.6. The molecule has 0 aliphatic heterocycles. The van der Waals surface area contributed by atoms with Gasteiger partial charge in [-0.15, -0.1) is 0 Å². The minimum Gasteiger partial charge on any atom is -0.480 e. The average molecular weight is 256 g/mol. The normalized spacial score (nSPS) is 11.9. The molecule has 0 fully saturated rings. The molecule has 0 bridgehead atoms. The molecular weight excluding hydrogens is 240 g/mol. The number of aliphatic hydroxyl groups excluding tert-OH is 1. The molecule has 18 heavy (non-hydrogen) atoms. The molecule has 7 heteroatoms. The molecule has 2 amide bonds. The number of rotatable bonds is 5. The number of urea groups is 1. The second-order valence-electron chi connectivity index (χ2n) is 3.88. The van der Waals surface area contributed by atoms with Gasteiger partial charge in [-0.3, -0.25) is 0 Å². The highest BCUT2D eigenvalue weighted by Crippen LogP contribution is 2.10. The molecule has 1 atom stereocenters. The number of carboxylic acid groups (broad SMARTS) is 1. The minimum absolute atomic E-state index is 0.298. The summed E-state index contributed by atoms with van der Waals surface area (Å²) >= 11 is 0. The van der Waals surface area contributed by atoms with Crippen molar-refractivity contribution in [2.75, 3.05) is 13.7 Å². The van der Waals surface area contributed by atoms with Crippen LogP contribution in [0.15, 0.2) is 16.7 Å². The Kier molecular flexibility index (Phi) is 4.73. The van der Waals surface area contributed by atoms with Gasteiger partial charge in [0.1, 0.15) is 5.76 Å². The number of hydrogen-bond donors (Lipinski definition) is 3. The van der Waals surface area contributed by atoms with Crippen LogP contribution in [0.1, 0.15) is 11.3 Å². The van der Waals surface area contributed by atoms with E-state index in [4.69, 9.17) is 14.6 Å². The Bertz CT molecular complexity index is 429. The van der Waals surface area contributed by atoms with Gasteiger partial charge in [0.25, 0.3) is 0 Å². The summed E-state index contributed by atoms with van der Waals surface area (Å²) in [6.07, 6.45) is 1.52. The van der Waals surface area contributed by atoms with E-state index in [1.54, 1.807) is 13.0 Å². The van der Waals surface area contributed by atoms with E-state index in [0.717, 1.165) is 5.56 Å². The van der Waals surface area contributed by atoms with E-state index in [9.17, 15) is 9.59 Å². The summed E-state index contributed by atoms with van der Waals surface area (Å²) in [5.74, 6) is -0.578. The van der Waals surface area contributed by atoms with Gasteiger partial charge < -0.3 is 24.8 Å². The quantitative estimate of drug-likeness (QED) is 0.697. The number of carboxylic acids is 1. The van der Waals surface area contributed by atoms with Gasteiger partial charge in [0.05, 0.1) is 19.4 Å². The SMILES string of the molecule is Cc1occc1CN(C)C(=O)N[C@H](CO)C(=O)O. The van der Waals surface area contributed by atoms with E-state index in [-0.39, 0.29) is 0 Å². The van der Waals surface area contributed by atoms with E-state index in [0.29, 0.717) is 12.3 Å². The molecule has 1 heterocycles. The zero-order valence-electron chi connectivity index (χ0n) is 10.2. The molecule has 3 N–H and O–H groups in total. The molecule has 1 aromatic rings. The number of aliphatic carboxylic acids is 1. The van der Waals surface area contributed by atoms with Crippen LogP contribution in [0.2, 0.25) is 0 Å². The number of carbonyl (C=O) groups is 2.